The van der Waals surface area contributed by atoms with E-state index in [1.165, 1.54) is 22.5 Å². The van der Waals surface area contributed by atoms with Crippen molar-refractivity contribution >= 4 is 27.5 Å². The molecule has 2 heterocycles. The van der Waals surface area contributed by atoms with Gasteiger partial charge in [-0.15, -0.1) is 0 Å². The molecule has 0 saturated carbocycles. The van der Waals surface area contributed by atoms with Gasteiger partial charge in [0.25, 0.3) is 0 Å². The van der Waals surface area contributed by atoms with E-state index < -0.39 is 15.8 Å². The molecule has 138 valence electrons. The number of carbonyl (C=O) groups excluding carboxylic acids is 1. The van der Waals surface area contributed by atoms with Crippen molar-refractivity contribution in [1.29, 1.82) is 0 Å². The van der Waals surface area contributed by atoms with Crippen molar-refractivity contribution in [2.75, 3.05) is 32.7 Å². The number of hydrogen-bond acceptors (Lipinski definition) is 4. The molecular weight excluding hydrogens is 369 g/mol. The third kappa shape index (κ3) is 4.31. The van der Waals surface area contributed by atoms with E-state index >= 15 is 0 Å². The minimum atomic E-state index is -3.56. The summed E-state index contributed by atoms with van der Waals surface area (Å²) in [7, 11) is -3.56. The maximum Gasteiger partial charge on any atom is 0.236 e. The van der Waals surface area contributed by atoms with Gasteiger partial charge >= 0.3 is 0 Å². The van der Waals surface area contributed by atoms with Gasteiger partial charge in [0.2, 0.25) is 15.9 Å². The molecule has 2 saturated heterocycles. The van der Waals surface area contributed by atoms with Crippen LogP contribution < -0.4 is 5.32 Å². The standard InChI is InChI=1S/C16H21ClFN3O3S/c17-14-8-12(3-4-15(14)18)11-25(23,24)20-6-1-2-13(10-20)21-7-5-19-9-16(21)22/h3-4,8,13,19H,1-2,5-7,9-11H2. The number of hydrogen-bond donors (Lipinski definition) is 1. The Balaban J connectivity index is 1.70. The largest absolute Gasteiger partial charge is 0.336 e. The van der Waals surface area contributed by atoms with E-state index in [1.807, 2.05) is 0 Å². The lowest BCUT2D eigenvalue weighted by molar-refractivity contribution is -0.135. The molecule has 9 heteroatoms. The number of benzene rings is 1. The summed E-state index contributed by atoms with van der Waals surface area (Å²) in [5.41, 5.74) is 0.451. The molecule has 2 aliphatic rings. The first-order valence-corrected chi connectivity index (χ1v) is 10.3. The molecule has 0 bridgehead atoms. The SMILES string of the molecule is O=C1CNCCN1C1CCCN(S(=O)(=O)Cc2ccc(F)c(Cl)c2)C1. The van der Waals surface area contributed by atoms with Crippen LogP contribution in [0.3, 0.4) is 0 Å². The van der Waals surface area contributed by atoms with E-state index in [1.54, 1.807) is 4.90 Å². The average Bonchev–Trinajstić information content (AvgIpc) is 2.58. The summed E-state index contributed by atoms with van der Waals surface area (Å²) < 4.78 is 40.2. The molecule has 1 atom stereocenters. The lowest BCUT2D eigenvalue weighted by Crippen LogP contribution is -2.57. The number of piperidine rings is 1. The summed E-state index contributed by atoms with van der Waals surface area (Å²) in [6.45, 7) is 2.38. The molecule has 1 N–H and O–H groups in total. The van der Waals surface area contributed by atoms with E-state index in [-0.39, 0.29) is 22.7 Å². The molecule has 2 fully saturated rings. The van der Waals surface area contributed by atoms with Gasteiger partial charge in [-0.25, -0.2) is 12.8 Å². The molecule has 0 radical (unpaired) electrons. The van der Waals surface area contributed by atoms with Crippen LogP contribution in [0.15, 0.2) is 18.2 Å². The van der Waals surface area contributed by atoms with Crippen molar-refractivity contribution in [3.8, 4) is 0 Å². The zero-order chi connectivity index (χ0) is 18.0. The molecular formula is C16H21ClFN3O3S. The topological polar surface area (TPSA) is 69.7 Å². The summed E-state index contributed by atoms with van der Waals surface area (Å²) >= 11 is 5.74. The first kappa shape index (κ1) is 18.6. The zero-order valence-corrected chi connectivity index (χ0v) is 15.3. The number of halogens is 2. The van der Waals surface area contributed by atoms with Gasteiger partial charge in [0.15, 0.2) is 0 Å². The predicted octanol–water partition coefficient (Wildman–Crippen LogP) is 1.21. The molecule has 6 nitrogen and oxygen atoms in total. The van der Waals surface area contributed by atoms with Gasteiger partial charge in [-0.1, -0.05) is 17.7 Å². The van der Waals surface area contributed by atoms with Crippen molar-refractivity contribution in [2.24, 2.45) is 0 Å². The van der Waals surface area contributed by atoms with Gasteiger partial charge in [0.05, 0.1) is 17.3 Å². The Kier molecular flexibility index (Phi) is 5.62. The Labute approximate surface area is 152 Å². The third-order valence-electron chi connectivity index (χ3n) is 4.65. The minimum Gasteiger partial charge on any atom is -0.336 e. The van der Waals surface area contributed by atoms with E-state index in [0.717, 1.165) is 13.0 Å². The van der Waals surface area contributed by atoms with Crippen LogP contribution in [0.4, 0.5) is 4.39 Å². The van der Waals surface area contributed by atoms with Crippen LogP contribution in [0.25, 0.3) is 0 Å². The molecule has 25 heavy (non-hydrogen) atoms. The fourth-order valence-corrected chi connectivity index (χ4v) is 5.16. The van der Waals surface area contributed by atoms with Crippen LogP contribution in [0.1, 0.15) is 18.4 Å². The summed E-state index contributed by atoms with van der Waals surface area (Å²) in [6, 6.07) is 3.86. The molecule has 0 aliphatic carbocycles. The van der Waals surface area contributed by atoms with Gasteiger partial charge < -0.3 is 10.2 Å². The van der Waals surface area contributed by atoms with E-state index in [2.05, 4.69) is 5.32 Å². The smallest absolute Gasteiger partial charge is 0.236 e. The Bertz CT molecular complexity index is 759. The number of amides is 1. The first-order chi connectivity index (χ1) is 11.9. The van der Waals surface area contributed by atoms with Crippen LogP contribution in [-0.2, 0) is 20.6 Å². The Hall–Kier alpha value is -1.22. The van der Waals surface area contributed by atoms with Gasteiger partial charge in [-0.05, 0) is 30.5 Å². The maximum absolute atomic E-state index is 13.2. The number of carbonyl (C=O) groups is 1. The van der Waals surface area contributed by atoms with Crippen molar-refractivity contribution in [3.63, 3.8) is 0 Å². The first-order valence-electron chi connectivity index (χ1n) is 8.29. The van der Waals surface area contributed by atoms with Crippen LogP contribution in [-0.4, -0.2) is 62.3 Å². The summed E-state index contributed by atoms with van der Waals surface area (Å²) in [4.78, 5) is 13.8. The number of nitrogens with one attached hydrogen (secondary N) is 1. The van der Waals surface area contributed by atoms with Crippen LogP contribution in [0.5, 0.6) is 0 Å². The summed E-state index contributed by atoms with van der Waals surface area (Å²) in [5.74, 6) is -0.784. The monoisotopic (exact) mass is 389 g/mol. The summed E-state index contributed by atoms with van der Waals surface area (Å²) in [6.07, 6.45) is 1.52. The molecule has 1 aromatic rings. The number of sulfonamides is 1. The highest BCUT2D eigenvalue weighted by molar-refractivity contribution is 7.88. The van der Waals surface area contributed by atoms with Crippen molar-refractivity contribution in [1.82, 2.24) is 14.5 Å². The highest BCUT2D eigenvalue weighted by atomic mass is 35.5. The molecule has 2 aliphatic heterocycles. The van der Waals surface area contributed by atoms with E-state index in [9.17, 15) is 17.6 Å². The molecule has 1 amide bonds. The second-order valence-corrected chi connectivity index (χ2v) is 8.80. The lowest BCUT2D eigenvalue weighted by atomic mass is 10.1. The molecule has 0 aromatic heterocycles. The second-order valence-electron chi connectivity index (χ2n) is 6.42. The molecule has 1 aromatic carbocycles. The van der Waals surface area contributed by atoms with Crippen LogP contribution in [0.2, 0.25) is 5.02 Å². The lowest BCUT2D eigenvalue weighted by Gasteiger charge is -2.40. The Morgan fingerprint density at radius 1 is 1.32 bits per heavy atom. The van der Waals surface area contributed by atoms with Crippen LogP contribution >= 0.6 is 11.6 Å². The predicted molar refractivity (Wildman–Crippen MR) is 93.2 cm³/mol. The third-order valence-corrected chi connectivity index (χ3v) is 6.76. The Morgan fingerprint density at radius 2 is 2.12 bits per heavy atom. The maximum atomic E-state index is 13.2. The number of nitrogens with zero attached hydrogens (tertiary/aromatic N) is 2. The van der Waals surface area contributed by atoms with Gasteiger partial charge in [-0.2, -0.15) is 4.31 Å². The van der Waals surface area contributed by atoms with Gasteiger partial charge in [0, 0.05) is 32.2 Å². The van der Waals surface area contributed by atoms with Crippen molar-refractivity contribution < 1.29 is 17.6 Å². The van der Waals surface area contributed by atoms with Crippen molar-refractivity contribution in [3.05, 3.63) is 34.6 Å². The molecule has 0 spiro atoms. The minimum absolute atomic E-state index is 0.0146. The Morgan fingerprint density at radius 3 is 2.84 bits per heavy atom. The number of piperazine rings is 1. The van der Waals surface area contributed by atoms with Gasteiger partial charge in [0.1, 0.15) is 5.82 Å². The fourth-order valence-electron chi connectivity index (χ4n) is 3.37. The van der Waals surface area contributed by atoms with E-state index in [4.69, 9.17) is 11.6 Å². The van der Waals surface area contributed by atoms with Crippen molar-refractivity contribution in [2.45, 2.75) is 24.6 Å². The quantitative estimate of drug-likeness (QED) is 0.840. The average molecular weight is 390 g/mol. The molecule has 1 unspecified atom stereocenters. The zero-order valence-electron chi connectivity index (χ0n) is 13.7. The second kappa shape index (κ2) is 7.57. The molecule has 3 rings (SSSR count). The van der Waals surface area contributed by atoms with Crippen LogP contribution in [0, 0.1) is 5.82 Å². The van der Waals surface area contributed by atoms with E-state index in [0.29, 0.717) is 38.2 Å². The normalized spacial score (nSPS) is 23.0. The number of rotatable bonds is 4. The summed E-state index contributed by atoms with van der Waals surface area (Å²) in [5, 5.41) is 2.93. The van der Waals surface area contributed by atoms with Gasteiger partial charge in [-0.3, -0.25) is 4.79 Å². The fraction of sp³-hybridized carbons (Fsp3) is 0.562. The highest BCUT2D eigenvalue weighted by Crippen LogP contribution is 2.23. The highest BCUT2D eigenvalue weighted by Gasteiger charge is 2.34.